The number of anilines is 2. The van der Waals surface area contributed by atoms with Crippen LogP contribution < -0.4 is 10.6 Å². The number of rotatable bonds is 1. The summed E-state index contributed by atoms with van der Waals surface area (Å²) in [6.07, 6.45) is 3.88. The Balaban J connectivity index is 2.12. The van der Waals surface area contributed by atoms with Crippen molar-refractivity contribution in [3.8, 4) is 0 Å². The molecule has 0 bridgehead atoms. The molecule has 1 fully saturated rings. The summed E-state index contributed by atoms with van der Waals surface area (Å²) in [5.74, 6) is 1.52. The Kier molecular flexibility index (Phi) is 2.73. The summed E-state index contributed by atoms with van der Waals surface area (Å²) in [7, 11) is 0. The van der Waals surface area contributed by atoms with Crippen molar-refractivity contribution in [2.24, 2.45) is 5.92 Å². The van der Waals surface area contributed by atoms with Gasteiger partial charge >= 0.3 is 0 Å². The number of hydrogen-bond acceptors (Lipinski definition) is 5. The molecule has 2 unspecified atom stereocenters. The second-order valence-electron chi connectivity index (χ2n) is 4.08. The van der Waals surface area contributed by atoms with Gasteiger partial charge in [-0.15, -0.1) is 0 Å². The molecule has 1 aromatic rings. The van der Waals surface area contributed by atoms with Crippen LogP contribution in [0.5, 0.6) is 0 Å². The number of aliphatic hydroxyl groups is 1. The maximum Gasteiger partial charge on any atom is 0.149 e. The molecule has 2 heterocycles. The van der Waals surface area contributed by atoms with Gasteiger partial charge in [0.2, 0.25) is 0 Å². The van der Waals surface area contributed by atoms with E-state index >= 15 is 0 Å². The molecule has 5 nitrogen and oxygen atoms in total. The molecule has 1 saturated heterocycles. The molecule has 3 N–H and O–H groups in total. The Bertz CT molecular complexity index is 344. The van der Waals surface area contributed by atoms with Gasteiger partial charge in [0.05, 0.1) is 18.5 Å². The van der Waals surface area contributed by atoms with E-state index in [0.29, 0.717) is 18.3 Å². The molecule has 0 saturated carbocycles. The molecule has 15 heavy (non-hydrogen) atoms. The number of nitrogen functional groups attached to an aromatic ring is 1. The van der Waals surface area contributed by atoms with Crippen LogP contribution in [0.1, 0.15) is 13.3 Å². The average molecular weight is 208 g/mol. The van der Waals surface area contributed by atoms with Gasteiger partial charge < -0.3 is 15.7 Å². The zero-order chi connectivity index (χ0) is 10.8. The van der Waals surface area contributed by atoms with Crippen molar-refractivity contribution in [3.05, 3.63) is 12.4 Å². The molecular weight excluding hydrogens is 192 g/mol. The molecule has 2 atom stereocenters. The number of β-amino-alcohol motifs (C(OH)–C–C–N with tert-alkyl or cyclic N) is 1. The Hall–Kier alpha value is -1.36. The lowest BCUT2D eigenvalue weighted by molar-refractivity contribution is 0.102. The predicted octanol–water partition coefficient (Wildman–Crippen LogP) is 0.266. The molecule has 1 aromatic heterocycles. The number of nitrogens with two attached hydrogens (primary N) is 1. The summed E-state index contributed by atoms with van der Waals surface area (Å²) in [6.45, 7) is 3.57. The van der Waals surface area contributed by atoms with Crippen molar-refractivity contribution >= 4 is 11.6 Å². The third kappa shape index (κ3) is 2.18. The van der Waals surface area contributed by atoms with Crippen LogP contribution in [-0.4, -0.2) is 34.3 Å². The number of aromatic nitrogens is 2. The lowest BCUT2D eigenvalue weighted by Gasteiger charge is -2.34. The third-order valence-corrected chi connectivity index (χ3v) is 2.88. The van der Waals surface area contributed by atoms with Crippen molar-refractivity contribution in [2.45, 2.75) is 19.4 Å². The van der Waals surface area contributed by atoms with E-state index in [2.05, 4.69) is 16.9 Å². The lowest BCUT2D eigenvalue weighted by atomic mass is 9.96. The van der Waals surface area contributed by atoms with Crippen molar-refractivity contribution in [2.75, 3.05) is 23.7 Å². The fraction of sp³-hybridized carbons (Fsp3) is 0.600. The molecule has 0 aromatic carbocycles. The topological polar surface area (TPSA) is 75.3 Å². The lowest BCUT2D eigenvalue weighted by Crippen LogP contribution is -2.43. The van der Waals surface area contributed by atoms with Gasteiger partial charge in [0.1, 0.15) is 11.6 Å². The molecule has 0 spiro atoms. The molecule has 82 valence electrons. The van der Waals surface area contributed by atoms with Gasteiger partial charge in [-0.25, -0.2) is 4.98 Å². The maximum absolute atomic E-state index is 9.76. The molecule has 1 aliphatic heterocycles. The molecule has 2 rings (SSSR count). The third-order valence-electron chi connectivity index (χ3n) is 2.88. The number of nitrogens with zero attached hydrogens (tertiary/aromatic N) is 3. The highest BCUT2D eigenvalue weighted by atomic mass is 16.3. The highest BCUT2D eigenvalue weighted by Crippen LogP contribution is 2.21. The predicted molar refractivity (Wildman–Crippen MR) is 58.4 cm³/mol. The highest BCUT2D eigenvalue weighted by Gasteiger charge is 2.25. The number of hydrogen-bond donors (Lipinski definition) is 2. The number of piperidine rings is 1. The zero-order valence-electron chi connectivity index (χ0n) is 8.80. The quantitative estimate of drug-likeness (QED) is 0.692. The van der Waals surface area contributed by atoms with Gasteiger partial charge in [0, 0.05) is 13.1 Å². The SMILES string of the molecule is CC1CCN(c2cncc(N)n2)CC1O. The van der Waals surface area contributed by atoms with Crippen LogP contribution in [-0.2, 0) is 0 Å². The van der Waals surface area contributed by atoms with Crippen LogP contribution in [0.15, 0.2) is 12.4 Å². The first-order valence-electron chi connectivity index (χ1n) is 5.17. The normalized spacial score (nSPS) is 26.7. The molecule has 5 heteroatoms. The van der Waals surface area contributed by atoms with Crippen molar-refractivity contribution in [1.82, 2.24) is 9.97 Å². The largest absolute Gasteiger partial charge is 0.391 e. The number of aliphatic hydroxyl groups excluding tert-OH is 1. The Morgan fingerprint density at radius 1 is 1.53 bits per heavy atom. The maximum atomic E-state index is 9.76. The van der Waals surface area contributed by atoms with Crippen LogP contribution in [0.2, 0.25) is 0 Å². The molecule has 0 aliphatic carbocycles. The van der Waals surface area contributed by atoms with E-state index < -0.39 is 0 Å². The van der Waals surface area contributed by atoms with Crippen molar-refractivity contribution < 1.29 is 5.11 Å². The Morgan fingerprint density at radius 2 is 2.33 bits per heavy atom. The Morgan fingerprint density at radius 3 is 3.00 bits per heavy atom. The summed E-state index contributed by atoms with van der Waals surface area (Å²) in [6, 6.07) is 0. The van der Waals surface area contributed by atoms with E-state index in [4.69, 9.17) is 5.73 Å². The van der Waals surface area contributed by atoms with E-state index in [9.17, 15) is 5.11 Å². The van der Waals surface area contributed by atoms with Crippen LogP contribution in [0.4, 0.5) is 11.6 Å². The van der Waals surface area contributed by atoms with Gasteiger partial charge in [-0.05, 0) is 12.3 Å². The van der Waals surface area contributed by atoms with Crippen molar-refractivity contribution in [1.29, 1.82) is 0 Å². The second-order valence-corrected chi connectivity index (χ2v) is 4.08. The van der Waals surface area contributed by atoms with E-state index in [1.165, 1.54) is 6.20 Å². The molecular formula is C10H16N4O. The second kappa shape index (κ2) is 4.02. The van der Waals surface area contributed by atoms with Crippen LogP contribution in [0, 0.1) is 5.92 Å². The summed E-state index contributed by atoms with van der Waals surface area (Å²) in [5.41, 5.74) is 5.56. The first kappa shape index (κ1) is 10.2. The summed E-state index contributed by atoms with van der Waals surface area (Å²) in [5, 5.41) is 9.76. The minimum atomic E-state index is -0.290. The summed E-state index contributed by atoms with van der Waals surface area (Å²) < 4.78 is 0. The molecule has 1 aliphatic rings. The first-order chi connectivity index (χ1) is 7.16. The molecule has 0 amide bonds. The van der Waals surface area contributed by atoms with E-state index in [1.807, 2.05) is 4.90 Å². The van der Waals surface area contributed by atoms with Gasteiger partial charge in [0.15, 0.2) is 0 Å². The van der Waals surface area contributed by atoms with Gasteiger partial charge in [-0.1, -0.05) is 6.92 Å². The van der Waals surface area contributed by atoms with Crippen molar-refractivity contribution in [3.63, 3.8) is 0 Å². The first-order valence-corrected chi connectivity index (χ1v) is 5.17. The Labute approximate surface area is 88.9 Å². The van der Waals surface area contributed by atoms with Gasteiger partial charge in [-0.3, -0.25) is 4.98 Å². The minimum Gasteiger partial charge on any atom is -0.391 e. The minimum absolute atomic E-state index is 0.290. The van der Waals surface area contributed by atoms with Crippen LogP contribution in [0.3, 0.4) is 0 Å². The van der Waals surface area contributed by atoms with Gasteiger partial charge in [-0.2, -0.15) is 0 Å². The fourth-order valence-electron chi connectivity index (χ4n) is 1.78. The standard InChI is InChI=1S/C10H16N4O/c1-7-2-3-14(6-8(7)15)10-5-12-4-9(11)13-10/h4-5,7-8,15H,2-3,6H2,1H3,(H2,11,13). The van der Waals surface area contributed by atoms with Crippen LogP contribution in [0.25, 0.3) is 0 Å². The average Bonchev–Trinajstić information content (AvgIpc) is 2.22. The monoisotopic (exact) mass is 208 g/mol. The van der Waals surface area contributed by atoms with E-state index in [1.54, 1.807) is 6.20 Å². The molecule has 0 radical (unpaired) electrons. The fourth-order valence-corrected chi connectivity index (χ4v) is 1.78. The zero-order valence-corrected chi connectivity index (χ0v) is 8.80. The smallest absolute Gasteiger partial charge is 0.149 e. The van der Waals surface area contributed by atoms with E-state index in [-0.39, 0.29) is 6.10 Å². The van der Waals surface area contributed by atoms with Gasteiger partial charge in [0.25, 0.3) is 0 Å². The van der Waals surface area contributed by atoms with Crippen LogP contribution >= 0.6 is 0 Å². The summed E-state index contributed by atoms with van der Waals surface area (Å²) >= 11 is 0. The van der Waals surface area contributed by atoms with E-state index in [0.717, 1.165) is 18.8 Å². The summed E-state index contributed by atoms with van der Waals surface area (Å²) in [4.78, 5) is 10.2. The highest BCUT2D eigenvalue weighted by molar-refractivity contribution is 5.41.